The van der Waals surface area contributed by atoms with E-state index in [1.165, 1.54) is 12.5 Å². The maximum atomic E-state index is 12.3. The summed E-state index contributed by atoms with van der Waals surface area (Å²) in [6, 6.07) is 0.0575. The fourth-order valence-corrected chi connectivity index (χ4v) is 4.41. The van der Waals surface area contributed by atoms with Gasteiger partial charge in [-0.2, -0.15) is 4.31 Å². The van der Waals surface area contributed by atoms with Crippen molar-refractivity contribution in [1.29, 1.82) is 0 Å². The van der Waals surface area contributed by atoms with Crippen molar-refractivity contribution < 1.29 is 8.42 Å². The molecule has 2 heterocycles. The van der Waals surface area contributed by atoms with Crippen LogP contribution in [0.25, 0.3) is 0 Å². The highest BCUT2D eigenvalue weighted by Gasteiger charge is 2.33. The van der Waals surface area contributed by atoms with Crippen molar-refractivity contribution in [2.75, 3.05) is 11.9 Å². The lowest BCUT2D eigenvalue weighted by Crippen LogP contribution is -2.44. The number of hydrogen-bond acceptors (Lipinski definition) is 3. The van der Waals surface area contributed by atoms with Crippen molar-refractivity contribution in [3.8, 4) is 0 Å². The van der Waals surface area contributed by atoms with Gasteiger partial charge in [0.05, 0.1) is 12.5 Å². The van der Waals surface area contributed by atoms with E-state index < -0.39 is 10.0 Å². The molecule has 1 aromatic heterocycles. The second kappa shape index (κ2) is 4.85. The van der Waals surface area contributed by atoms with Crippen LogP contribution in [0, 0.1) is 0 Å². The molecule has 1 fully saturated rings. The zero-order valence-corrected chi connectivity index (χ0v) is 11.2. The highest BCUT2D eigenvalue weighted by atomic mass is 79.9. The summed E-state index contributed by atoms with van der Waals surface area (Å²) >= 11 is 3.38. The molecule has 1 aliphatic rings. The Labute approximate surface area is 103 Å². The van der Waals surface area contributed by atoms with Crippen molar-refractivity contribution in [2.45, 2.75) is 30.3 Å². The van der Waals surface area contributed by atoms with Gasteiger partial charge in [-0.1, -0.05) is 22.4 Å². The van der Waals surface area contributed by atoms with Crippen LogP contribution in [0.3, 0.4) is 0 Å². The van der Waals surface area contributed by atoms with Gasteiger partial charge in [-0.25, -0.2) is 13.4 Å². The van der Waals surface area contributed by atoms with Crippen LogP contribution in [0.2, 0.25) is 0 Å². The maximum Gasteiger partial charge on any atom is 0.260 e. The molecule has 0 aliphatic carbocycles. The molecule has 7 heteroatoms. The number of aromatic nitrogens is 2. The number of hydrogen-bond donors (Lipinski definition) is 1. The standard InChI is InChI=1S/C9H14BrN3O2S/c10-5-8-3-1-2-4-13(8)16(14,15)9-6-11-7-12-9/h6-8H,1-5H2,(H,11,12). The number of piperidine rings is 1. The van der Waals surface area contributed by atoms with Crippen LogP contribution in [0.4, 0.5) is 0 Å². The van der Waals surface area contributed by atoms with E-state index in [0.717, 1.165) is 19.3 Å². The van der Waals surface area contributed by atoms with E-state index in [2.05, 4.69) is 25.9 Å². The third kappa shape index (κ3) is 2.16. The quantitative estimate of drug-likeness (QED) is 0.857. The van der Waals surface area contributed by atoms with Gasteiger partial charge < -0.3 is 4.98 Å². The molecule has 1 N–H and O–H groups in total. The van der Waals surface area contributed by atoms with Crippen LogP contribution in [0.15, 0.2) is 17.6 Å². The Morgan fingerprint density at radius 2 is 2.38 bits per heavy atom. The number of aromatic amines is 1. The molecule has 0 radical (unpaired) electrons. The Morgan fingerprint density at radius 1 is 1.56 bits per heavy atom. The predicted molar refractivity (Wildman–Crippen MR) is 63.9 cm³/mol. The van der Waals surface area contributed by atoms with Gasteiger partial charge in [0.1, 0.15) is 0 Å². The number of nitrogens with one attached hydrogen (secondary N) is 1. The molecule has 1 saturated heterocycles. The highest BCUT2D eigenvalue weighted by molar-refractivity contribution is 9.09. The summed E-state index contributed by atoms with van der Waals surface area (Å²) in [5, 5.41) is 0.862. The molecule has 0 amide bonds. The molecule has 1 atom stereocenters. The molecule has 1 aliphatic heterocycles. The summed E-state index contributed by atoms with van der Waals surface area (Å²) in [6.45, 7) is 0.595. The van der Waals surface area contributed by atoms with E-state index in [9.17, 15) is 8.42 Å². The van der Waals surface area contributed by atoms with E-state index in [1.807, 2.05) is 0 Å². The molecule has 16 heavy (non-hydrogen) atoms. The van der Waals surface area contributed by atoms with Crippen molar-refractivity contribution in [3.63, 3.8) is 0 Å². The fraction of sp³-hybridized carbons (Fsp3) is 0.667. The minimum absolute atomic E-state index is 0.0575. The molecule has 0 aromatic carbocycles. The zero-order chi connectivity index (χ0) is 11.6. The van der Waals surface area contributed by atoms with Gasteiger partial charge in [-0.3, -0.25) is 0 Å². The van der Waals surface area contributed by atoms with Crippen LogP contribution >= 0.6 is 15.9 Å². The number of alkyl halides is 1. The van der Waals surface area contributed by atoms with E-state index in [4.69, 9.17) is 0 Å². The monoisotopic (exact) mass is 307 g/mol. The third-order valence-electron chi connectivity index (χ3n) is 2.81. The van der Waals surface area contributed by atoms with Gasteiger partial charge in [0.15, 0.2) is 5.03 Å². The van der Waals surface area contributed by atoms with Crippen LogP contribution < -0.4 is 0 Å². The summed E-state index contributed by atoms with van der Waals surface area (Å²) < 4.78 is 26.1. The number of imidazole rings is 1. The van der Waals surface area contributed by atoms with Crippen LogP contribution in [0.5, 0.6) is 0 Å². The molecule has 0 saturated carbocycles. The second-order valence-electron chi connectivity index (χ2n) is 3.84. The zero-order valence-electron chi connectivity index (χ0n) is 8.76. The van der Waals surface area contributed by atoms with E-state index >= 15 is 0 Å². The molecule has 90 valence electrons. The average Bonchev–Trinajstić information content (AvgIpc) is 2.83. The van der Waals surface area contributed by atoms with Gasteiger partial charge in [0, 0.05) is 17.9 Å². The lowest BCUT2D eigenvalue weighted by Gasteiger charge is -2.32. The Balaban J connectivity index is 2.28. The first-order valence-electron chi connectivity index (χ1n) is 5.22. The summed E-state index contributed by atoms with van der Waals surface area (Å²) in [5.41, 5.74) is 0. The topological polar surface area (TPSA) is 66.1 Å². The Hall–Kier alpha value is -0.400. The minimum atomic E-state index is -3.39. The van der Waals surface area contributed by atoms with E-state index in [0.29, 0.717) is 11.9 Å². The van der Waals surface area contributed by atoms with Crippen molar-refractivity contribution in [1.82, 2.24) is 14.3 Å². The first kappa shape index (κ1) is 12.1. The summed E-state index contributed by atoms with van der Waals surface area (Å²) in [6.07, 6.45) is 5.68. The molecule has 0 spiro atoms. The van der Waals surface area contributed by atoms with Gasteiger partial charge in [0.2, 0.25) is 0 Å². The summed E-state index contributed by atoms with van der Waals surface area (Å²) in [5.74, 6) is 0. The molecule has 0 bridgehead atoms. The van der Waals surface area contributed by atoms with Crippen molar-refractivity contribution >= 4 is 26.0 Å². The molecule has 1 aromatic rings. The van der Waals surface area contributed by atoms with Gasteiger partial charge in [0.25, 0.3) is 10.0 Å². The number of sulfonamides is 1. The smallest absolute Gasteiger partial charge is 0.260 e. The summed E-state index contributed by atoms with van der Waals surface area (Å²) in [4.78, 5) is 6.42. The Kier molecular flexibility index (Phi) is 3.66. The minimum Gasteiger partial charge on any atom is -0.335 e. The lowest BCUT2D eigenvalue weighted by molar-refractivity contribution is 0.273. The lowest BCUT2D eigenvalue weighted by atomic mass is 10.1. The van der Waals surface area contributed by atoms with Gasteiger partial charge in [-0.05, 0) is 12.8 Å². The predicted octanol–water partition coefficient (Wildman–Crippen LogP) is 1.35. The molecule has 1 unspecified atom stereocenters. The molecular formula is C9H14BrN3O2S. The van der Waals surface area contributed by atoms with Crippen LogP contribution in [-0.2, 0) is 10.0 Å². The van der Waals surface area contributed by atoms with E-state index in [1.54, 1.807) is 4.31 Å². The Morgan fingerprint density at radius 3 is 3.00 bits per heavy atom. The van der Waals surface area contributed by atoms with Gasteiger partial charge in [-0.15, -0.1) is 0 Å². The molecular weight excluding hydrogens is 294 g/mol. The SMILES string of the molecule is O=S(=O)(c1cnc[nH]1)N1CCCCC1CBr. The molecule has 5 nitrogen and oxygen atoms in total. The number of H-pyrrole nitrogens is 1. The van der Waals surface area contributed by atoms with E-state index in [-0.39, 0.29) is 11.1 Å². The Bertz CT molecular complexity index is 432. The number of halogens is 1. The molecule has 2 rings (SSSR count). The van der Waals surface area contributed by atoms with Crippen LogP contribution in [-0.4, -0.2) is 40.6 Å². The second-order valence-corrected chi connectivity index (χ2v) is 6.34. The number of rotatable bonds is 3. The fourth-order valence-electron chi connectivity index (χ4n) is 1.96. The van der Waals surface area contributed by atoms with Crippen molar-refractivity contribution in [2.24, 2.45) is 0 Å². The summed E-state index contributed by atoms with van der Waals surface area (Å²) in [7, 11) is -3.39. The third-order valence-corrected chi connectivity index (χ3v) is 5.44. The average molecular weight is 308 g/mol. The first-order chi connectivity index (χ1) is 7.66. The van der Waals surface area contributed by atoms with Gasteiger partial charge >= 0.3 is 0 Å². The maximum absolute atomic E-state index is 12.3. The largest absolute Gasteiger partial charge is 0.335 e. The highest BCUT2D eigenvalue weighted by Crippen LogP contribution is 2.25. The normalized spacial score (nSPS) is 23.4. The number of nitrogens with zero attached hydrogens (tertiary/aromatic N) is 2. The van der Waals surface area contributed by atoms with Crippen molar-refractivity contribution in [3.05, 3.63) is 12.5 Å². The van der Waals surface area contributed by atoms with Crippen LogP contribution in [0.1, 0.15) is 19.3 Å². The first-order valence-corrected chi connectivity index (χ1v) is 7.78.